The molecule has 0 aromatic heterocycles. The number of carbonyl (C=O) groups is 1. The molecular weight excluding hydrogens is 358 g/mol. The Labute approximate surface area is 166 Å². The van der Waals surface area contributed by atoms with Crippen molar-refractivity contribution < 1.29 is 9.53 Å². The first kappa shape index (κ1) is 20.0. The summed E-state index contributed by atoms with van der Waals surface area (Å²) in [6.45, 7) is 3.10. The van der Waals surface area contributed by atoms with Crippen LogP contribution in [0.4, 0.5) is 0 Å². The van der Waals surface area contributed by atoms with E-state index >= 15 is 0 Å². The molecular formula is C19H33N7O2. The Morgan fingerprint density at radius 1 is 1.29 bits per heavy atom. The molecule has 3 aliphatic heterocycles. The van der Waals surface area contributed by atoms with E-state index in [1.165, 1.54) is 12.8 Å². The molecule has 9 heteroatoms. The lowest BCUT2D eigenvalue weighted by atomic mass is 9.96. The van der Waals surface area contributed by atoms with E-state index in [1.807, 2.05) is 5.01 Å². The first-order valence-corrected chi connectivity index (χ1v) is 10.7. The van der Waals surface area contributed by atoms with Crippen molar-refractivity contribution >= 4 is 5.91 Å². The van der Waals surface area contributed by atoms with Crippen LogP contribution in [0.3, 0.4) is 0 Å². The number of hydrogen-bond acceptors (Lipinski definition) is 8. The first-order valence-electron chi connectivity index (χ1n) is 10.7. The van der Waals surface area contributed by atoms with Crippen molar-refractivity contribution in [2.45, 2.75) is 69.1 Å². The second-order valence-corrected chi connectivity index (χ2v) is 8.60. The predicted molar refractivity (Wildman–Crippen MR) is 103 cm³/mol. The summed E-state index contributed by atoms with van der Waals surface area (Å²) in [7, 11) is 0. The SMILES string of the molecule is N#CCC1CNC2C(C(=O)NC3CNCCC3OC3CCCC3)C(N)NN2C1. The normalized spacial score (nSPS) is 39.4. The Balaban J connectivity index is 1.36. The van der Waals surface area contributed by atoms with Crippen LogP contribution < -0.4 is 27.1 Å². The molecule has 156 valence electrons. The maximum atomic E-state index is 13.1. The second kappa shape index (κ2) is 9.03. The molecule has 9 nitrogen and oxygen atoms in total. The molecule has 0 radical (unpaired) electrons. The van der Waals surface area contributed by atoms with E-state index < -0.39 is 6.17 Å². The zero-order chi connectivity index (χ0) is 19.5. The van der Waals surface area contributed by atoms with Crippen LogP contribution in [0, 0.1) is 23.2 Å². The van der Waals surface area contributed by atoms with Gasteiger partial charge in [0, 0.05) is 26.1 Å². The molecule has 0 aromatic rings. The van der Waals surface area contributed by atoms with Gasteiger partial charge in [0.2, 0.25) is 5.91 Å². The predicted octanol–water partition coefficient (Wildman–Crippen LogP) is -1.03. The Morgan fingerprint density at radius 2 is 2.11 bits per heavy atom. The van der Waals surface area contributed by atoms with Gasteiger partial charge in [-0.05, 0) is 31.7 Å². The third-order valence-corrected chi connectivity index (χ3v) is 6.55. The lowest BCUT2D eigenvalue weighted by Crippen LogP contribution is -2.61. The van der Waals surface area contributed by atoms with E-state index in [4.69, 9.17) is 15.7 Å². The fraction of sp³-hybridized carbons (Fsp3) is 0.895. The molecule has 0 spiro atoms. The maximum absolute atomic E-state index is 13.1. The van der Waals surface area contributed by atoms with Gasteiger partial charge < -0.3 is 21.1 Å². The minimum Gasteiger partial charge on any atom is -0.373 e. The van der Waals surface area contributed by atoms with Gasteiger partial charge in [0.25, 0.3) is 0 Å². The molecule has 3 saturated heterocycles. The number of rotatable bonds is 5. The average Bonchev–Trinajstić information content (AvgIpc) is 3.30. The zero-order valence-electron chi connectivity index (χ0n) is 16.4. The highest BCUT2D eigenvalue weighted by Crippen LogP contribution is 2.26. The lowest BCUT2D eigenvalue weighted by molar-refractivity contribution is -0.130. The smallest absolute Gasteiger partial charge is 0.229 e. The number of nitriles is 1. The number of nitrogens with zero attached hydrogens (tertiary/aromatic N) is 2. The lowest BCUT2D eigenvalue weighted by Gasteiger charge is -2.37. The van der Waals surface area contributed by atoms with Gasteiger partial charge in [0.05, 0.1) is 42.6 Å². The van der Waals surface area contributed by atoms with Crippen LogP contribution in [0.1, 0.15) is 38.5 Å². The molecule has 4 rings (SSSR count). The van der Waals surface area contributed by atoms with Crippen LogP contribution in [0.2, 0.25) is 0 Å². The van der Waals surface area contributed by atoms with Gasteiger partial charge in [-0.1, -0.05) is 12.8 Å². The summed E-state index contributed by atoms with van der Waals surface area (Å²) in [5, 5.41) is 20.9. The molecule has 3 heterocycles. The largest absolute Gasteiger partial charge is 0.373 e. The molecule has 1 saturated carbocycles. The van der Waals surface area contributed by atoms with Crippen molar-refractivity contribution in [2.24, 2.45) is 17.6 Å². The molecule has 0 aromatic carbocycles. The van der Waals surface area contributed by atoms with Gasteiger partial charge in [0.1, 0.15) is 0 Å². The summed E-state index contributed by atoms with van der Waals surface area (Å²) in [6, 6.07) is 2.20. The Bertz CT molecular complexity index is 591. The van der Waals surface area contributed by atoms with E-state index in [1.54, 1.807) is 0 Å². The van der Waals surface area contributed by atoms with Crippen LogP contribution in [0.15, 0.2) is 0 Å². The second-order valence-electron chi connectivity index (χ2n) is 8.60. The summed E-state index contributed by atoms with van der Waals surface area (Å²) in [5.41, 5.74) is 9.48. The van der Waals surface area contributed by atoms with Gasteiger partial charge in [-0.15, -0.1) is 0 Å². The van der Waals surface area contributed by atoms with Crippen molar-refractivity contribution in [1.29, 1.82) is 5.26 Å². The molecule has 28 heavy (non-hydrogen) atoms. The minimum atomic E-state index is -0.441. The fourth-order valence-corrected chi connectivity index (χ4v) is 5.04. The monoisotopic (exact) mass is 391 g/mol. The van der Waals surface area contributed by atoms with E-state index in [0.29, 0.717) is 12.5 Å². The van der Waals surface area contributed by atoms with E-state index in [9.17, 15) is 4.79 Å². The number of hydrazine groups is 1. The van der Waals surface area contributed by atoms with E-state index in [-0.39, 0.29) is 36.1 Å². The van der Waals surface area contributed by atoms with Crippen molar-refractivity contribution in [3.05, 3.63) is 0 Å². The topological polar surface area (TPSA) is 127 Å². The van der Waals surface area contributed by atoms with Gasteiger partial charge in [-0.3, -0.25) is 10.1 Å². The van der Waals surface area contributed by atoms with Crippen LogP contribution in [0.5, 0.6) is 0 Å². The molecule has 6 unspecified atom stereocenters. The maximum Gasteiger partial charge on any atom is 0.229 e. The zero-order valence-corrected chi connectivity index (χ0v) is 16.4. The number of hydrogen-bond donors (Lipinski definition) is 5. The number of fused-ring (bicyclic) bond motifs is 1. The van der Waals surface area contributed by atoms with Crippen LogP contribution in [-0.4, -0.2) is 67.7 Å². The standard InChI is InChI=1S/C19H33N7O2/c20-7-5-12-9-23-18-16(17(21)25-26(18)11-12)19(27)24-14-10-22-8-6-15(14)28-13-3-1-2-4-13/h12-18,22-23,25H,1-6,8-11,21H2,(H,24,27). The van der Waals surface area contributed by atoms with Gasteiger partial charge in [-0.2, -0.15) is 5.26 Å². The highest BCUT2D eigenvalue weighted by atomic mass is 16.5. The number of nitrogens with one attached hydrogen (secondary N) is 4. The summed E-state index contributed by atoms with van der Waals surface area (Å²) in [4.78, 5) is 13.1. The molecule has 4 fully saturated rings. The van der Waals surface area contributed by atoms with Crippen molar-refractivity contribution in [1.82, 2.24) is 26.4 Å². The number of carbonyl (C=O) groups excluding carboxylic acids is 1. The molecule has 6 N–H and O–H groups in total. The third-order valence-electron chi connectivity index (χ3n) is 6.55. The average molecular weight is 392 g/mol. The van der Waals surface area contributed by atoms with E-state index in [2.05, 4.69) is 27.4 Å². The van der Waals surface area contributed by atoms with Crippen LogP contribution in [0.25, 0.3) is 0 Å². The summed E-state index contributed by atoms with van der Waals surface area (Å²) in [5.74, 6) is -0.168. The Kier molecular flexibility index (Phi) is 6.45. The summed E-state index contributed by atoms with van der Waals surface area (Å²) >= 11 is 0. The van der Waals surface area contributed by atoms with Gasteiger partial charge >= 0.3 is 0 Å². The number of amides is 1. The van der Waals surface area contributed by atoms with E-state index in [0.717, 1.165) is 45.4 Å². The highest BCUT2D eigenvalue weighted by Gasteiger charge is 2.47. The minimum absolute atomic E-state index is 0.0296. The van der Waals surface area contributed by atoms with Crippen molar-refractivity contribution in [3.8, 4) is 6.07 Å². The quantitative estimate of drug-likeness (QED) is 0.403. The van der Waals surface area contributed by atoms with Gasteiger partial charge in [-0.25, -0.2) is 10.4 Å². The molecule has 1 aliphatic carbocycles. The third kappa shape index (κ3) is 4.32. The Hall–Kier alpha value is -1.28. The summed E-state index contributed by atoms with van der Waals surface area (Å²) < 4.78 is 6.34. The fourth-order valence-electron chi connectivity index (χ4n) is 5.04. The number of nitrogens with two attached hydrogens (primary N) is 1. The molecule has 0 bridgehead atoms. The molecule has 4 aliphatic rings. The Morgan fingerprint density at radius 3 is 2.89 bits per heavy atom. The van der Waals surface area contributed by atoms with Gasteiger partial charge in [0.15, 0.2) is 0 Å². The summed E-state index contributed by atoms with van der Waals surface area (Å²) in [6.07, 6.45) is 5.98. The number of ether oxygens (including phenoxy) is 1. The first-order chi connectivity index (χ1) is 13.7. The highest BCUT2D eigenvalue weighted by molar-refractivity contribution is 5.80. The van der Waals surface area contributed by atoms with Crippen molar-refractivity contribution in [2.75, 3.05) is 26.2 Å². The van der Waals surface area contributed by atoms with Crippen LogP contribution in [-0.2, 0) is 9.53 Å². The van der Waals surface area contributed by atoms with Crippen LogP contribution >= 0.6 is 0 Å². The van der Waals surface area contributed by atoms with Crippen molar-refractivity contribution in [3.63, 3.8) is 0 Å². The number of piperidine rings is 1. The molecule has 1 amide bonds. The molecule has 6 atom stereocenters.